The molecular weight excluding hydrogens is 364 g/mol. The Morgan fingerprint density at radius 2 is 1.80 bits per heavy atom. The Morgan fingerprint density at radius 1 is 1.16 bits per heavy atom. The Balaban J connectivity index is 1.95. The number of nitrogens with zero attached hydrogens (tertiary/aromatic N) is 1. The third-order valence-electron chi connectivity index (χ3n) is 2.95. The lowest BCUT2D eigenvalue weighted by atomic mass is 10.3. The number of thiazole rings is 1. The molecule has 0 aliphatic heterocycles. The van der Waals surface area contributed by atoms with E-state index in [-0.39, 0.29) is 19.0 Å². The lowest BCUT2D eigenvalue weighted by molar-refractivity contribution is -0.159. The highest BCUT2D eigenvalue weighted by Gasteiger charge is 2.31. The second-order valence-electron chi connectivity index (χ2n) is 4.74. The number of hydrogen-bond acceptors (Lipinski definition) is 8. The van der Waals surface area contributed by atoms with Gasteiger partial charge in [-0.05, 0) is 26.0 Å². The van der Waals surface area contributed by atoms with E-state index in [0.29, 0.717) is 0 Å². The van der Waals surface area contributed by atoms with Crippen molar-refractivity contribution in [1.29, 1.82) is 0 Å². The van der Waals surface area contributed by atoms with Crippen LogP contribution in [-0.2, 0) is 23.9 Å². The summed E-state index contributed by atoms with van der Waals surface area (Å²) >= 11 is 2.71. The summed E-state index contributed by atoms with van der Waals surface area (Å²) in [5, 5.41) is 2.36. The number of benzene rings is 1. The normalized spacial score (nSPS) is 10.7. The van der Waals surface area contributed by atoms with Gasteiger partial charge in [-0.15, -0.1) is 11.3 Å². The van der Waals surface area contributed by atoms with E-state index in [1.807, 2.05) is 24.3 Å². The highest BCUT2D eigenvalue weighted by molar-refractivity contribution is 8.01. The molecule has 0 aliphatic carbocycles. The van der Waals surface area contributed by atoms with Gasteiger partial charge in [0, 0.05) is 0 Å². The molecule has 1 aromatic carbocycles. The molecule has 0 fully saturated rings. The van der Waals surface area contributed by atoms with Gasteiger partial charge in [-0.1, -0.05) is 23.9 Å². The van der Waals surface area contributed by atoms with Crippen LogP contribution in [-0.4, -0.2) is 47.8 Å². The third kappa shape index (κ3) is 5.43. The van der Waals surface area contributed by atoms with Gasteiger partial charge in [0.25, 0.3) is 0 Å². The monoisotopic (exact) mass is 382 g/mol. The fraction of sp³-hybridized carbons (Fsp3) is 0.375. The topological polar surface area (TPSA) is 94.6 Å². The largest absolute Gasteiger partial charge is 0.464 e. The smallest absolute Gasteiger partial charge is 0.340 e. The van der Waals surface area contributed by atoms with Crippen LogP contribution in [0.2, 0.25) is 0 Å². The fourth-order valence-electron chi connectivity index (χ4n) is 1.91. The van der Waals surface area contributed by atoms with Crippen LogP contribution < -0.4 is 5.32 Å². The molecule has 0 bridgehead atoms. The first-order valence-corrected chi connectivity index (χ1v) is 9.46. The van der Waals surface area contributed by atoms with E-state index >= 15 is 0 Å². The quantitative estimate of drug-likeness (QED) is 0.424. The number of carbonyl (C=O) groups is 3. The molecule has 0 radical (unpaired) electrons. The molecule has 2 rings (SSSR count). The van der Waals surface area contributed by atoms with Gasteiger partial charge < -0.3 is 14.8 Å². The number of esters is 2. The maximum absolute atomic E-state index is 12.1. The number of para-hydroxylation sites is 1. The lowest BCUT2D eigenvalue weighted by Crippen LogP contribution is -2.48. The summed E-state index contributed by atoms with van der Waals surface area (Å²) in [5.41, 5.74) is 0.867. The van der Waals surface area contributed by atoms with Gasteiger partial charge in [0.15, 0.2) is 4.34 Å². The average Bonchev–Trinajstić information content (AvgIpc) is 3.01. The minimum Gasteiger partial charge on any atom is -0.464 e. The van der Waals surface area contributed by atoms with Gasteiger partial charge in [-0.3, -0.25) is 4.79 Å². The van der Waals surface area contributed by atoms with E-state index in [9.17, 15) is 14.4 Å². The van der Waals surface area contributed by atoms with Gasteiger partial charge >= 0.3 is 11.9 Å². The maximum Gasteiger partial charge on any atom is 0.340 e. The average molecular weight is 382 g/mol. The second kappa shape index (κ2) is 9.38. The summed E-state index contributed by atoms with van der Waals surface area (Å²) in [7, 11) is 0. The predicted molar refractivity (Wildman–Crippen MR) is 95.5 cm³/mol. The van der Waals surface area contributed by atoms with Gasteiger partial charge in [-0.2, -0.15) is 0 Å². The summed E-state index contributed by atoms with van der Waals surface area (Å²) in [5.74, 6) is -2.12. The summed E-state index contributed by atoms with van der Waals surface area (Å²) in [6.07, 6.45) is 0. The van der Waals surface area contributed by atoms with Gasteiger partial charge in [0.1, 0.15) is 0 Å². The van der Waals surface area contributed by atoms with Crippen LogP contribution in [0.25, 0.3) is 10.2 Å². The zero-order chi connectivity index (χ0) is 18.2. The first-order chi connectivity index (χ1) is 12.0. The Hall–Kier alpha value is -2.13. The van der Waals surface area contributed by atoms with Crippen molar-refractivity contribution in [2.45, 2.75) is 24.2 Å². The van der Waals surface area contributed by atoms with E-state index in [1.54, 1.807) is 13.8 Å². The number of rotatable bonds is 8. The van der Waals surface area contributed by atoms with Gasteiger partial charge in [0.2, 0.25) is 11.9 Å². The Labute approximate surface area is 153 Å². The highest BCUT2D eigenvalue weighted by Crippen LogP contribution is 2.29. The van der Waals surface area contributed by atoms with E-state index < -0.39 is 23.9 Å². The van der Waals surface area contributed by atoms with Crippen LogP contribution in [0.15, 0.2) is 28.6 Å². The second-order valence-corrected chi connectivity index (χ2v) is 6.99. The van der Waals surface area contributed by atoms with Crippen molar-refractivity contribution in [2.24, 2.45) is 0 Å². The predicted octanol–water partition coefficient (Wildman–Crippen LogP) is 2.00. The van der Waals surface area contributed by atoms with Crippen molar-refractivity contribution in [3.05, 3.63) is 24.3 Å². The first-order valence-electron chi connectivity index (χ1n) is 7.66. The molecule has 134 valence electrons. The number of hydrogen-bond donors (Lipinski definition) is 1. The Morgan fingerprint density at radius 3 is 2.40 bits per heavy atom. The number of aromatic nitrogens is 1. The number of carbonyl (C=O) groups excluding carboxylic acids is 3. The van der Waals surface area contributed by atoms with E-state index in [4.69, 9.17) is 9.47 Å². The zero-order valence-corrected chi connectivity index (χ0v) is 15.4. The molecule has 9 heteroatoms. The molecule has 1 aromatic heterocycles. The minimum absolute atomic E-state index is 0.0229. The number of amides is 1. The molecule has 0 saturated heterocycles. The van der Waals surface area contributed by atoms with Crippen molar-refractivity contribution >= 4 is 51.2 Å². The zero-order valence-electron chi connectivity index (χ0n) is 13.8. The van der Waals surface area contributed by atoms with Crippen molar-refractivity contribution < 1.29 is 23.9 Å². The Bertz CT molecular complexity index is 711. The third-order valence-corrected chi connectivity index (χ3v) is 5.13. The number of fused-ring (bicyclic) bond motifs is 1. The van der Waals surface area contributed by atoms with E-state index in [0.717, 1.165) is 14.6 Å². The Kier molecular flexibility index (Phi) is 7.20. The van der Waals surface area contributed by atoms with Crippen LogP contribution in [0.3, 0.4) is 0 Å². The lowest BCUT2D eigenvalue weighted by Gasteiger charge is -2.15. The molecule has 7 nitrogen and oxygen atoms in total. The van der Waals surface area contributed by atoms with E-state index in [2.05, 4.69) is 10.3 Å². The van der Waals surface area contributed by atoms with Crippen LogP contribution >= 0.6 is 23.1 Å². The van der Waals surface area contributed by atoms with Crippen LogP contribution in [0, 0.1) is 0 Å². The standard InChI is InChI=1S/C16H18N2O5S2/c1-3-22-14(20)13(15(21)23-4-2)18-12(19)9-24-16-17-10-7-5-6-8-11(10)25-16/h5-8,13H,3-4,9H2,1-2H3,(H,18,19). The molecule has 1 amide bonds. The van der Waals surface area contributed by atoms with Crippen molar-refractivity contribution in [3.8, 4) is 0 Å². The maximum atomic E-state index is 12.1. The summed E-state index contributed by atoms with van der Waals surface area (Å²) in [6, 6.07) is 6.21. The molecule has 0 saturated carbocycles. The van der Waals surface area contributed by atoms with Crippen LogP contribution in [0.4, 0.5) is 0 Å². The molecule has 0 spiro atoms. The van der Waals surface area contributed by atoms with Crippen LogP contribution in [0.5, 0.6) is 0 Å². The molecule has 2 aromatic rings. The fourth-order valence-corrected chi connectivity index (χ4v) is 3.79. The molecule has 0 aliphatic rings. The van der Waals surface area contributed by atoms with Crippen molar-refractivity contribution in [3.63, 3.8) is 0 Å². The molecule has 1 N–H and O–H groups in total. The summed E-state index contributed by atoms with van der Waals surface area (Å²) < 4.78 is 11.4. The molecular formula is C16H18N2O5S2. The highest BCUT2D eigenvalue weighted by atomic mass is 32.2. The van der Waals surface area contributed by atoms with Gasteiger partial charge in [0.05, 0.1) is 29.2 Å². The summed E-state index contributed by atoms with van der Waals surface area (Å²) in [4.78, 5) is 40.2. The van der Waals surface area contributed by atoms with Crippen molar-refractivity contribution in [1.82, 2.24) is 10.3 Å². The number of thioether (sulfide) groups is 1. The van der Waals surface area contributed by atoms with Crippen LogP contribution in [0.1, 0.15) is 13.8 Å². The number of nitrogens with one attached hydrogen (secondary N) is 1. The van der Waals surface area contributed by atoms with Gasteiger partial charge in [-0.25, -0.2) is 14.6 Å². The molecule has 25 heavy (non-hydrogen) atoms. The molecule has 0 atom stereocenters. The minimum atomic E-state index is -1.46. The molecule has 0 unspecified atom stereocenters. The van der Waals surface area contributed by atoms with E-state index in [1.165, 1.54) is 23.1 Å². The van der Waals surface area contributed by atoms with Crippen molar-refractivity contribution in [2.75, 3.05) is 19.0 Å². The summed E-state index contributed by atoms with van der Waals surface area (Å²) in [6.45, 7) is 3.44. The first kappa shape index (κ1) is 19.2. The SMILES string of the molecule is CCOC(=O)C(NC(=O)CSc1nc2ccccc2s1)C(=O)OCC. The number of ether oxygens (including phenoxy) is 2. The molecule has 1 heterocycles.